The summed E-state index contributed by atoms with van der Waals surface area (Å²) in [4.78, 5) is 12.4. The Morgan fingerprint density at radius 2 is 1.95 bits per heavy atom. The van der Waals surface area contributed by atoms with Gasteiger partial charge in [0.15, 0.2) is 0 Å². The minimum absolute atomic E-state index is 0.0214. The maximum atomic E-state index is 12.4. The molecule has 0 radical (unpaired) electrons. The number of carbonyl (C=O) groups is 1. The number of aliphatic hydroxyl groups excluding tert-OH is 1. The quantitative estimate of drug-likeness (QED) is 0.894. The van der Waals surface area contributed by atoms with Crippen molar-refractivity contribution >= 4 is 5.91 Å². The molecule has 1 aromatic rings. The summed E-state index contributed by atoms with van der Waals surface area (Å²) in [6.45, 7) is 2.14. The van der Waals surface area contributed by atoms with E-state index in [4.69, 9.17) is 4.74 Å². The van der Waals surface area contributed by atoms with Crippen LogP contribution in [0.4, 0.5) is 0 Å². The lowest BCUT2D eigenvalue weighted by atomic mass is 9.74. The molecule has 2 fully saturated rings. The molecule has 1 aliphatic carbocycles. The second-order valence-corrected chi connectivity index (χ2v) is 6.64. The fourth-order valence-electron chi connectivity index (χ4n) is 3.72. The van der Waals surface area contributed by atoms with Gasteiger partial charge in [0, 0.05) is 31.1 Å². The molecule has 1 saturated carbocycles. The van der Waals surface area contributed by atoms with E-state index in [0.29, 0.717) is 13.0 Å². The zero-order valence-corrected chi connectivity index (χ0v) is 13.0. The van der Waals surface area contributed by atoms with Gasteiger partial charge in [-0.1, -0.05) is 30.3 Å². The van der Waals surface area contributed by atoms with Crippen LogP contribution in [-0.4, -0.2) is 36.9 Å². The van der Waals surface area contributed by atoms with E-state index in [0.717, 1.165) is 38.9 Å². The summed E-state index contributed by atoms with van der Waals surface area (Å²) in [6.07, 6.45) is 3.72. The van der Waals surface area contributed by atoms with Gasteiger partial charge in [-0.25, -0.2) is 0 Å². The molecule has 1 aliphatic heterocycles. The molecule has 3 rings (SSSR count). The molecule has 4 nitrogen and oxygen atoms in total. The largest absolute Gasteiger partial charge is 0.393 e. The van der Waals surface area contributed by atoms with E-state index in [-0.39, 0.29) is 23.3 Å². The van der Waals surface area contributed by atoms with Gasteiger partial charge < -0.3 is 15.2 Å². The third-order valence-electron chi connectivity index (χ3n) is 5.21. The van der Waals surface area contributed by atoms with Crippen LogP contribution in [0, 0.1) is 5.92 Å². The van der Waals surface area contributed by atoms with Crippen molar-refractivity contribution in [1.82, 2.24) is 5.32 Å². The third kappa shape index (κ3) is 3.33. The van der Waals surface area contributed by atoms with Crippen molar-refractivity contribution in [3.8, 4) is 0 Å². The van der Waals surface area contributed by atoms with Crippen LogP contribution in [0.1, 0.15) is 37.7 Å². The molecule has 0 bridgehead atoms. The Hall–Kier alpha value is -1.39. The van der Waals surface area contributed by atoms with Crippen molar-refractivity contribution in [2.75, 3.05) is 19.8 Å². The van der Waals surface area contributed by atoms with Crippen LogP contribution in [0.5, 0.6) is 0 Å². The average Bonchev–Trinajstić information content (AvgIpc) is 3.01. The standard InChI is InChI=1S/C18H25NO3/c20-16-7-6-14(12-16)17(21)19-13-18(8-10-22-11-9-18)15-4-2-1-3-5-15/h1-5,14,16,20H,6-13H2,(H,19,21). The summed E-state index contributed by atoms with van der Waals surface area (Å²) in [5.74, 6) is 0.0704. The number of benzene rings is 1. The maximum Gasteiger partial charge on any atom is 0.223 e. The molecule has 1 saturated heterocycles. The lowest BCUT2D eigenvalue weighted by Gasteiger charge is -2.38. The summed E-state index contributed by atoms with van der Waals surface area (Å²) in [5.41, 5.74) is 1.26. The molecule has 4 heteroatoms. The van der Waals surface area contributed by atoms with Crippen LogP contribution in [0.15, 0.2) is 30.3 Å². The van der Waals surface area contributed by atoms with E-state index in [9.17, 15) is 9.90 Å². The van der Waals surface area contributed by atoms with Gasteiger partial charge in [0.05, 0.1) is 6.10 Å². The molecule has 1 amide bonds. The predicted molar refractivity (Wildman–Crippen MR) is 84.5 cm³/mol. The number of aliphatic hydroxyl groups is 1. The van der Waals surface area contributed by atoms with Gasteiger partial charge in [-0.05, 0) is 37.7 Å². The van der Waals surface area contributed by atoms with Crippen molar-refractivity contribution in [3.05, 3.63) is 35.9 Å². The number of ether oxygens (including phenoxy) is 1. The molecular formula is C18H25NO3. The summed E-state index contributed by atoms with van der Waals surface area (Å²) < 4.78 is 5.52. The van der Waals surface area contributed by atoms with Gasteiger partial charge >= 0.3 is 0 Å². The van der Waals surface area contributed by atoms with E-state index >= 15 is 0 Å². The molecule has 1 aromatic carbocycles. The molecule has 2 aliphatic rings. The fraction of sp³-hybridized carbons (Fsp3) is 0.611. The first kappa shape index (κ1) is 15.5. The second kappa shape index (κ2) is 6.80. The minimum atomic E-state index is -0.304. The van der Waals surface area contributed by atoms with Gasteiger partial charge in [0.25, 0.3) is 0 Å². The number of amides is 1. The molecule has 1 heterocycles. The topological polar surface area (TPSA) is 58.6 Å². The Morgan fingerprint density at radius 1 is 1.23 bits per heavy atom. The summed E-state index contributed by atoms with van der Waals surface area (Å²) in [5, 5.41) is 12.7. The zero-order valence-electron chi connectivity index (χ0n) is 13.0. The number of hydrogen-bond acceptors (Lipinski definition) is 3. The summed E-state index contributed by atoms with van der Waals surface area (Å²) in [7, 11) is 0. The van der Waals surface area contributed by atoms with Crippen molar-refractivity contribution in [2.24, 2.45) is 5.92 Å². The van der Waals surface area contributed by atoms with Gasteiger partial charge in [-0.3, -0.25) is 4.79 Å². The van der Waals surface area contributed by atoms with Crippen LogP contribution in [0.25, 0.3) is 0 Å². The van der Waals surface area contributed by atoms with Gasteiger partial charge in [-0.2, -0.15) is 0 Å². The van der Waals surface area contributed by atoms with E-state index < -0.39 is 0 Å². The van der Waals surface area contributed by atoms with E-state index in [2.05, 4.69) is 29.6 Å². The molecule has 2 N–H and O–H groups in total. The van der Waals surface area contributed by atoms with Crippen molar-refractivity contribution in [1.29, 1.82) is 0 Å². The molecular weight excluding hydrogens is 278 g/mol. The van der Waals surface area contributed by atoms with Gasteiger partial charge in [0.2, 0.25) is 5.91 Å². The molecule has 0 aromatic heterocycles. The summed E-state index contributed by atoms with van der Waals surface area (Å²) >= 11 is 0. The Balaban J connectivity index is 1.67. The van der Waals surface area contributed by atoms with Crippen LogP contribution in [0.2, 0.25) is 0 Å². The highest BCUT2D eigenvalue weighted by Gasteiger charge is 2.36. The van der Waals surface area contributed by atoms with Gasteiger partial charge in [-0.15, -0.1) is 0 Å². The number of rotatable bonds is 4. The van der Waals surface area contributed by atoms with Crippen molar-refractivity contribution < 1.29 is 14.6 Å². The van der Waals surface area contributed by atoms with Crippen LogP contribution in [-0.2, 0) is 14.9 Å². The maximum absolute atomic E-state index is 12.4. The van der Waals surface area contributed by atoms with E-state index in [1.54, 1.807) is 0 Å². The molecule has 120 valence electrons. The number of carbonyl (C=O) groups excluding carboxylic acids is 1. The number of nitrogens with one attached hydrogen (secondary N) is 1. The van der Waals surface area contributed by atoms with Crippen LogP contribution in [0.3, 0.4) is 0 Å². The van der Waals surface area contributed by atoms with Gasteiger partial charge in [0.1, 0.15) is 0 Å². The van der Waals surface area contributed by atoms with E-state index in [1.807, 2.05) is 6.07 Å². The average molecular weight is 303 g/mol. The Bertz CT molecular complexity index is 496. The Morgan fingerprint density at radius 3 is 2.59 bits per heavy atom. The fourth-order valence-corrected chi connectivity index (χ4v) is 3.72. The van der Waals surface area contributed by atoms with E-state index in [1.165, 1.54) is 5.56 Å². The van der Waals surface area contributed by atoms with Crippen molar-refractivity contribution in [3.63, 3.8) is 0 Å². The molecule has 2 unspecified atom stereocenters. The van der Waals surface area contributed by atoms with Crippen LogP contribution >= 0.6 is 0 Å². The normalized spacial score (nSPS) is 27.5. The molecule has 0 spiro atoms. The second-order valence-electron chi connectivity index (χ2n) is 6.64. The Labute approximate surface area is 131 Å². The first-order valence-corrected chi connectivity index (χ1v) is 8.29. The molecule has 22 heavy (non-hydrogen) atoms. The smallest absolute Gasteiger partial charge is 0.223 e. The lowest BCUT2D eigenvalue weighted by molar-refractivity contribution is -0.125. The lowest BCUT2D eigenvalue weighted by Crippen LogP contribution is -2.45. The zero-order chi connectivity index (χ0) is 15.4. The monoisotopic (exact) mass is 303 g/mol. The highest BCUT2D eigenvalue weighted by atomic mass is 16.5. The summed E-state index contributed by atoms with van der Waals surface area (Å²) in [6, 6.07) is 10.4. The predicted octanol–water partition coefficient (Wildman–Crippen LogP) is 2.01. The van der Waals surface area contributed by atoms with Crippen LogP contribution < -0.4 is 5.32 Å². The first-order chi connectivity index (χ1) is 10.7. The first-order valence-electron chi connectivity index (χ1n) is 8.29. The highest BCUT2D eigenvalue weighted by Crippen LogP contribution is 2.34. The SMILES string of the molecule is O=C(NCC1(c2ccccc2)CCOCC1)C1CCC(O)C1. The third-order valence-corrected chi connectivity index (χ3v) is 5.21. The highest BCUT2D eigenvalue weighted by molar-refractivity contribution is 5.79. The molecule has 2 atom stereocenters. The van der Waals surface area contributed by atoms with Crippen molar-refractivity contribution in [2.45, 2.75) is 43.6 Å². The number of hydrogen-bond donors (Lipinski definition) is 2. The minimum Gasteiger partial charge on any atom is -0.393 e. The Kier molecular flexibility index (Phi) is 4.79.